The third kappa shape index (κ3) is 60.8. The van der Waals surface area contributed by atoms with E-state index in [4.69, 9.17) is 14.2 Å². The highest BCUT2D eigenvalue weighted by Crippen LogP contribution is 2.16. The van der Waals surface area contributed by atoms with Gasteiger partial charge < -0.3 is 14.2 Å². The van der Waals surface area contributed by atoms with Gasteiger partial charge in [0.15, 0.2) is 6.10 Å². The molecule has 0 aromatic heterocycles. The number of ether oxygens (including phenoxy) is 3. The molecule has 0 spiro atoms. The van der Waals surface area contributed by atoms with Gasteiger partial charge in [-0.1, -0.05) is 271 Å². The van der Waals surface area contributed by atoms with Crippen molar-refractivity contribution in [3.05, 3.63) is 109 Å². The number of hydrogen-bond donors (Lipinski definition) is 0. The van der Waals surface area contributed by atoms with Gasteiger partial charge in [-0.15, -0.1) is 0 Å². The highest BCUT2D eigenvalue weighted by molar-refractivity contribution is 5.71. The van der Waals surface area contributed by atoms with Crippen LogP contribution < -0.4 is 0 Å². The Morgan fingerprint density at radius 2 is 0.520 bits per heavy atom. The number of rotatable bonds is 56. The molecule has 0 aliphatic rings. The average Bonchev–Trinajstić information content (AvgIpc) is 3.41. The van der Waals surface area contributed by atoms with Crippen molar-refractivity contribution in [2.75, 3.05) is 13.2 Å². The maximum atomic E-state index is 12.9. The van der Waals surface area contributed by atoms with E-state index in [1.807, 2.05) is 0 Å². The first kappa shape index (κ1) is 71.1. The summed E-state index contributed by atoms with van der Waals surface area (Å²) >= 11 is 0. The van der Waals surface area contributed by atoms with Gasteiger partial charge in [0.25, 0.3) is 0 Å². The number of esters is 3. The fourth-order valence-corrected chi connectivity index (χ4v) is 8.57. The van der Waals surface area contributed by atoms with Crippen LogP contribution in [-0.4, -0.2) is 37.2 Å². The normalized spacial score (nSPS) is 12.8. The lowest BCUT2D eigenvalue weighted by Gasteiger charge is -2.18. The van der Waals surface area contributed by atoms with Gasteiger partial charge >= 0.3 is 17.9 Å². The fourth-order valence-electron chi connectivity index (χ4n) is 8.57. The van der Waals surface area contributed by atoms with Gasteiger partial charge in [-0.05, 0) is 109 Å². The van der Waals surface area contributed by atoms with Crippen molar-refractivity contribution in [3.8, 4) is 0 Å². The van der Waals surface area contributed by atoms with Crippen molar-refractivity contribution in [1.29, 1.82) is 0 Å². The van der Waals surface area contributed by atoms with Crippen molar-refractivity contribution in [2.24, 2.45) is 0 Å². The van der Waals surface area contributed by atoms with Crippen molar-refractivity contribution in [1.82, 2.24) is 0 Å². The zero-order valence-corrected chi connectivity index (χ0v) is 49.0. The predicted octanol–water partition coefficient (Wildman–Crippen LogP) is 21.4. The number of allylic oxidation sites excluding steroid dienone is 18. The van der Waals surface area contributed by atoms with Gasteiger partial charge in [-0.25, -0.2) is 0 Å². The van der Waals surface area contributed by atoms with Crippen LogP contribution in [0.15, 0.2) is 109 Å². The molecular formula is C69H116O6. The molecule has 0 bridgehead atoms. The summed E-state index contributed by atoms with van der Waals surface area (Å²) in [6.07, 6.45) is 85.2. The van der Waals surface area contributed by atoms with Crippen LogP contribution >= 0.6 is 0 Å². The van der Waals surface area contributed by atoms with Crippen molar-refractivity contribution in [2.45, 2.75) is 297 Å². The lowest BCUT2D eigenvalue weighted by Crippen LogP contribution is -2.30. The van der Waals surface area contributed by atoms with E-state index in [0.717, 1.165) is 128 Å². The first-order valence-electron chi connectivity index (χ1n) is 31.4. The standard InChI is InChI=1S/C69H116O6/c1-4-7-10-13-16-19-22-25-27-29-30-31-32-33-34-35-36-37-38-39-40-41-43-44-47-50-53-56-59-62-68(71)74-65-66(64-73-67(70)61-58-55-52-49-46-24-21-18-15-12-9-6-3)75-69(72)63-60-57-54-51-48-45-42-28-26-23-20-17-14-11-8-5-2/h7,10,16,18-19,21,25,27,30-31,33-34,36-37,39-40,43-44,66H,4-6,8-9,11-15,17,20,22-24,26,28-29,32,35,38,41-42,45-65H2,1-3H3/b10-7-,19-16-,21-18-,27-25-,31-30-,34-33-,37-36-,40-39-,44-43-. The summed E-state index contributed by atoms with van der Waals surface area (Å²) in [5.41, 5.74) is 0. The molecule has 6 heteroatoms. The molecule has 1 atom stereocenters. The van der Waals surface area contributed by atoms with E-state index in [0.29, 0.717) is 19.3 Å². The second kappa shape index (κ2) is 62.6. The van der Waals surface area contributed by atoms with Crippen LogP contribution in [0.1, 0.15) is 290 Å². The third-order valence-corrected chi connectivity index (χ3v) is 13.3. The zero-order chi connectivity index (χ0) is 54.3. The summed E-state index contributed by atoms with van der Waals surface area (Å²) in [7, 11) is 0. The minimum Gasteiger partial charge on any atom is -0.462 e. The predicted molar refractivity (Wildman–Crippen MR) is 325 cm³/mol. The third-order valence-electron chi connectivity index (χ3n) is 13.3. The van der Waals surface area contributed by atoms with Crippen molar-refractivity contribution < 1.29 is 28.6 Å². The van der Waals surface area contributed by atoms with E-state index in [2.05, 4.69) is 130 Å². The second-order valence-electron chi connectivity index (χ2n) is 20.6. The summed E-state index contributed by atoms with van der Waals surface area (Å²) in [6.45, 7) is 6.49. The Labute approximate surface area is 463 Å². The molecule has 6 nitrogen and oxygen atoms in total. The minimum absolute atomic E-state index is 0.0891. The van der Waals surface area contributed by atoms with Crippen LogP contribution in [0.3, 0.4) is 0 Å². The molecule has 0 rings (SSSR count). The Morgan fingerprint density at radius 3 is 0.853 bits per heavy atom. The number of carbonyl (C=O) groups excluding carboxylic acids is 3. The molecule has 428 valence electrons. The smallest absolute Gasteiger partial charge is 0.306 e. The maximum Gasteiger partial charge on any atom is 0.306 e. The number of carbonyl (C=O) groups is 3. The van der Waals surface area contributed by atoms with E-state index >= 15 is 0 Å². The molecule has 0 heterocycles. The molecule has 0 aliphatic heterocycles. The molecule has 0 N–H and O–H groups in total. The van der Waals surface area contributed by atoms with E-state index in [1.165, 1.54) is 122 Å². The van der Waals surface area contributed by atoms with Gasteiger partial charge in [0, 0.05) is 19.3 Å². The Bertz CT molecular complexity index is 1520. The SMILES string of the molecule is CC/C=C\C/C=C\C/C=C\C/C=C\C/C=C\C/C=C\C/C=C\C/C=C\CCCCCCC(=O)OCC(COC(=O)CCCCCCC/C=C\CCCCC)OC(=O)CCCCCCCCCCCCCCCCCC. The summed E-state index contributed by atoms with van der Waals surface area (Å²) in [5, 5.41) is 0. The number of hydrogen-bond acceptors (Lipinski definition) is 6. The van der Waals surface area contributed by atoms with E-state index < -0.39 is 6.10 Å². The Hall–Kier alpha value is -3.93. The molecule has 75 heavy (non-hydrogen) atoms. The van der Waals surface area contributed by atoms with Gasteiger partial charge in [-0.2, -0.15) is 0 Å². The first-order valence-corrected chi connectivity index (χ1v) is 31.4. The van der Waals surface area contributed by atoms with E-state index in [1.54, 1.807) is 0 Å². The summed E-state index contributed by atoms with van der Waals surface area (Å²) < 4.78 is 16.9. The van der Waals surface area contributed by atoms with Crippen molar-refractivity contribution >= 4 is 17.9 Å². The van der Waals surface area contributed by atoms with Crippen LogP contribution in [0.4, 0.5) is 0 Å². The molecule has 0 saturated heterocycles. The Kier molecular flexibility index (Phi) is 59.3. The van der Waals surface area contributed by atoms with Crippen LogP contribution in [0.2, 0.25) is 0 Å². The van der Waals surface area contributed by atoms with E-state index in [-0.39, 0.29) is 31.1 Å². The highest BCUT2D eigenvalue weighted by Gasteiger charge is 2.19. The maximum absolute atomic E-state index is 12.9. The molecular weight excluding hydrogens is 925 g/mol. The molecule has 1 unspecified atom stereocenters. The van der Waals surface area contributed by atoms with Crippen LogP contribution in [-0.2, 0) is 28.6 Å². The van der Waals surface area contributed by atoms with Gasteiger partial charge in [0.1, 0.15) is 13.2 Å². The highest BCUT2D eigenvalue weighted by atomic mass is 16.6. The van der Waals surface area contributed by atoms with Crippen LogP contribution in [0.5, 0.6) is 0 Å². The van der Waals surface area contributed by atoms with Gasteiger partial charge in [0.2, 0.25) is 0 Å². The Balaban J connectivity index is 4.35. The summed E-state index contributed by atoms with van der Waals surface area (Å²) in [6, 6.07) is 0. The molecule has 0 aromatic rings. The lowest BCUT2D eigenvalue weighted by molar-refractivity contribution is -0.167. The lowest BCUT2D eigenvalue weighted by atomic mass is 10.0. The van der Waals surface area contributed by atoms with Gasteiger partial charge in [0.05, 0.1) is 0 Å². The minimum atomic E-state index is -0.792. The Morgan fingerprint density at radius 1 is 0.280 bits per heavy atom. The monoisotopic (exact) mass is 1040 g/mol. The van der Waals surface area contributed by atoms with E-state index in [9.17, 15) is 14.4 Å². The topological polar surface area (TPSA) is 78.9 Å². The average molecular weight is 1040 g/mol. The molecule has 0 radical (unpaired) electrons. The molecule has 0 saturated carbocycles. The summed E-state index contributed by atoms with van der Waals surface area (Å²) in [5.74, 6) is -0.916. The molecule has 0 aliphatic carbocycles. The molecule has 0 amide bonds. The second-order valence-corrected chi connectivity index (χ2v) is 20.6. The fraction of sp³-hybridized carbons (Fsp3) is 0.696. The van der Waals surface area contributed by atoms with Crippen LogP contribution in [0.25, 0.3) is 0 Å². The van der Waals surface area contributed by atoms with Crippen LogP contribution in [0, 0.1) is 0 Å². The quantitative estimate of drug-likeness (QED) is 0.0261. The molecule has 0 aromatic carbocycles. The summed E-state index contributed by atoms with van der Waals surface area (Å²) in [4.78, 5) is 38.2. The molecule has 0 fully saturated rings. The van der Waals surface area contributed by atoms with Crippen molar-refractivity contribution in [3.63, 3.8) is 0 Å². The largest absolute Gasteiger partial charge is 0.462 e. The number of unbranched alkanes of at least 4 members (excludes halogenated alkanes) is 27. The van der Waals surface area contributed by atoms with Gasteiger partial charge in [-0.3, -0.25) is 14.4 Å². The first-order chi connectivity index (χ1) is 37.0. The zero-order valence-electron chi connectivity index (χ0n) is 49.0.